The Labute approximate surface area is 91.9 Å². The van der Waals surface area contributed by atoms with Gasteiger partial charge >= 0.3 is 11.9 Å². The van der Waals surface area contributed by atoms with Gasteiger partial charge < -0.3 is 21.4 Å². The molecule has 0 fully saturated rings. The van der Waals surface area contributed by atoms with Crippen molar-refractivity contribution in [3.63, 3.8) is 0 Å². The van der Waals surface area contributed by atoms with Crippen LogP contribution in [-0.2, 0) is 19.2 Å². The van der Waals surface area contributed by atoms with Gasteiger partial charge in [-0.2, -0.15) is 0 Å². The standard InChI is InChI=1S/C8H15N3O5/c1-4(9)8(15)16-11-5(7(10)14)2-3-6(12)13/h4-5,11H,2-3,9H2,1H3,(H2,10,14)(H,12,13)/t4-,5-/m0/s1. The minimum atomic E-state index is -1.08. The highest BCUT2D eigenvalue weighted by atomic mass is 16.7. The molecule has 16 heavy (non-hydrogen) atoms. The number of nitrogens with two attached hydrogens (primary N) is 2. The first-order valence-corrected chi connectivity index (χ1v) is 4.57. The van der Waals surface area contributed by atoms with E-state index in [-0.39, 0.29) is 12.8 Å². The van der Waals surface area contributed by atoms with Gasteiger partial charge in [-0.05, 0) is 13.3 Å². The molecule has 92 valence electrons. The zero-order valence-electron chi connectivity index (χ0n) is 8.80. The van der Waals surface area contributed by atoms with E-state index in [0.29, 0.717) is 0 Å². The lowest BCUT2D eigenvalue weighted by Crippen LogP contribution is -2.44. The highest BCUT2D eigenvalue weighted by molar-refractivity contribution is 5.81. The molecule has 8 nitrogen and oxygen atoms in total. The number of primary amides is 1. The largest absolute Gasteiger partial charge is 0.481 e. The van der Waals surface area contributed by atoms with E-state index in [0.717, 1.165) is 0 Å². The van der Waals surface area contributed by atoms with Crippen LogP contribution in [-0.4, -0.2) is 35.0 Å². The molecule has 0 aliphatic carbocycles. The minimum absolute atomic E-state index is 0.0725. The Morgan fingerprint density at radius 2 is 2.00 bits per heavy atom. The minimum Gasteiger partial charge on any atom is -0.481 e. The number of rotatable bonds is 7. The predicted molar refractivity (Wildman–Crippen MR) is 52.7 cm³/mol. The molecule has 0 rings (SSSR count). The summed E-state index contributed by atoms with van der Waals surface area (Å²) in [5, 5.41) is 8.40. The molecule has 0 aromatic carbocycles. The van der Waals surface area contributed by atoms with Crippen molar-refractivity contribution >= 4 is 17.8 Å². The van der Waals surface area contributed by atoms with Crippen molar-refractivity contribution < 1.29 is 24.3 Å². The van der Waals surface area contributed by atoms with Crippen molar-refractivity contribution in [3.8, 4) is 0 Å². The summed E-state index contributed by atoms with van der Waals surface area (Å²) in [6.07, 6.45) is -0.340. The summed E-state index contributed by atoms with van der Waals surface area (Å²) in [7, 11) is 0. The van der Waals surface area contributed by atoms with Crippen LogP contribution in [0.2, 0.25) is 0 Å². The molecule has 6 N–H and O–H groups in total. The highest BCUT2D eigenvalue weighted by Crippen LogP contribution is 1.97. The first-order chi connectivity index (χ1) is 7.34. The van der Waals surface area contributed by atoms with E-state index in [1.54, 1.807) is 0 Å². The van der Waals surface area contributed by atoms with Crippen LogP contribution in [0, 0.1) is 0 Å². The van der Waals surface area contributed by atoms with Gasteiger partial charge in [0.1, 0.15) is 12.1 Å². The summed E-state index contributed by atoms with van der Waals surface area (Å²) in [6, 6.07) is -1.89. The maximum atomic E-state index is 10.9. The Morgan fingerprint density at radius 3 is 2.38 bits per heavy atom. The van der Waals surface area contributed by atoms with Gasteiger partial charge in [0.05, 0.1) is 0 Å². The Kier molecular flexibility index (Phi) is 6.04. The van der Waals surface area contributed by atoms with Crippen LogP contribution < -0.4 is 16.9 Å². The van der Waals surface area contributed by atoms with Gasteiger partial charge in [-0.3, -0.25) is 9.59 Å². The van der Waals surface area contributed by atoms with Gasteiger partial charge in [0.2, 0.25) is 5.91 Å². The van der Waals surface area contributed by atoms with Crippen LogP contribution >= 0.6 is 0 Å². The highest BCUT2D eigenvalue weighted by Gasteiger charge is 2.19. The zero-order valence-corrected chi connectivity index (χ0v) is 8.80. The maximum absolute atomic E-state index is 10.9. The SMILES string of the molecule is C[C@H](N)C(=O)ON[C@@H](CCC(=O)O)C(N)=O. The van der Waals surface area contributed by atoms with E-state index in [4.69, 9.17) is 16.6 Å². The van der Waals surface area contributed by atoms with Crippen molar-refractivity contribution in [3.05, 3.63) is 0 Å². The molecule has 0 saturated heterocycles. The van der Waals surface area contributed by atoms with Gasteiger partial charge in [0.25, 0.3) is 0 Å². The van der Waals surface area contributed by atoms with E-state index in [9.17, 15) is 14.4 Å². The molecule has 0 aliphatic heterocycles. The fraction of sp³-hybridized carbons (Fsp3) is 0.625. The molecule has 0 spiro atoms. The topological polar surface area (TPSA) is 145 Å². The maximum Gasteiger partial charge on any atom is 0.341 e. The second kappa shape index (κ2) is 6.75. The van der Waals surface area contributed by atoms with Gasteiger partial charge in [-0.25, -0.2) is 4.79 Å². The molecule has 0 saturated carbocycles. The van der Waals surface area contributed by atoms with E-state index in [1.807, 2.05) is 0 Å². The lowest BCUT2D eigenvalue weighted by Gasteiger charge is -2.14. The second-order valence-corrected chi connectivity index (χ2v) is 3.21. The lowest BCUT2D eigenvalue weighted by molar-refractivity contribution is -0.155. The molecule has 0 aliphatic rings. The van der Waals surface area contributed by atoms with Crippen molar-refractivity contribution in [2.24, 2.45) is 11.5 Å². The van der Waals surface area contributed by atoms with Crippen molar-refractivity contribution in [2.45, 2.75) is 31.8 Å². The number of carbonyl (C=O) groups excluding carboxylic acids is 2. The molecule has 0 aromatic rings. The number of hydroxylamine groups is 1. The monoisotopic (exact) mass is 233 g/mol. The number of carboxylic acid groups (broad SMARTS) is 1. The zero-order chi connectivity index (χ0) is 12.7. The van der Waals surface area contributed by atoms with Crippen molar-refractivity contribution in [2.75, 3.05) is 0 Å². The molecule has 2 atom stereocenters. The van der Waals surface area contributed by atoms with Gasteiger partial charge in [0.15, 0.2) is 0 Å². The summed E-state index contributed by atoms with van der Waals surface area (Å²) in [4.78, 5) is 36.5. The molecule has 8 heteroatoms. The summed E-state index contributed by atoms with van der Waals surface area (Å²) in [5.74, 6) is -2.65. The van der Waals surface area contributed by atoms with Crippen molar-refractivity contribution in [1.82, 2.24) is 5.48 Å². The van der Waals surface area contributed by atoms with E-state index in [1.165, 1.54) is 6.92 Å². The first kappa shape index (κ1) is 14.3. The van der Waals surface area contributed by atoms with E-state index >= 15 is 0 Å². The number of nitrogens with one attached hydrogen (secondary N) is 1. The van der Waals surface area contributed by atoms with Crippen LogP contribution in [0.4, 0.5) is 0 Å². The molecular formula is C8H15N3O5. The molecule has 0 heterocycles. The normalized spacial score (nSPS) is 13.9. The lowest BCUT2D eigenvalue weighted by atomic mass is 10.1. The Bertz CT molecular complexity index is 279. The fourth-order valence-electron chi connectivity index (χ4n) is 0.749. The third-order valence-corrected chi connectivity index (χ3v) is 1.66. The summed E-state index contributed by atoms with van der Waals surface area (Å²) >= 11 is 0. The third kappa shape index (κ3) is 5.94. The Balaban J connectivity index is 4.09. The quantitative estimate of drug-likeness (QED) is 0.376. The number of aliphatic carboxylic acids is 1. The van der Waals surface area contributed by atoms with Gasteiger partial charge in [-0.1, -0.05) is 0 Å². The average Bonchev–Trinajstić information content (AvgIpc) is 2.15. The third-order valence-electron chi connectivity index (χ3n) is 1.66. The molecule has 0 aromatic heterocycles. The van der Waals surface area contributed by atoms with Crippen LogP contribution in [0.1, 0.15) is 19.8 Å². The number of carbonyl (C=O) groups is 3. The number of hydrogen-bond acceptors (Lipinski definition) is 6. The van der Waals surface area contributed by atoms with E-state index < -0.39 is 29.9 Å². The van der Waals surface area contributed by atoms with Crippen LogP contribution in [0.5, 0.6) is 0 Å². The Morgan fingerprint density at radius 1 is 1.44 bits per heavy atom. The van der Waals surface area contributed by atoms with Gasteiger partial charge in [0, 0.05) is 6.42 Å². The van der Waals surface area contributed by atoms with Crippen molar-refractivity contribution in [1.29, 1.82) is 0 Å². The molecule has 0 bridgehead atoms. The average molecular weight is 233 g/mol. The smallest absolute Gasteiger partial charge is 0.341 e. The van der Waals surface area contributed by atoms with Crippen LogP contribution in [0.25, 0.3) is 0 Å². The number of hydrogen-bond donors (Lipinski definition) is 4. The Hall–Kier alpha value is -1.67. The molecule has 1 amide bonds. The molecule has 0 unspecified atom stereocenters. The summed E-state index contributed by atoms with van der Waals surface area (Å²) < 4.78 is 0. The summed E-state index contributed by atoms with van der Waals surface area (Å²) in [6.45, 7) is 1.40. The summed E-state index contributed by atoms with van der Waals surface area (Å²) in [5.41, 5.74) is 12.3. The van der Waals surface area contributed by atoms with Gasteiger partial charge in [-0.15, -0.1) is 5.48 Å². The first-order valence-electron chi connectivity index (χ1n) is 4.57. The molecule has 0 radical (unpaired) electrons. The second-order valence-electron chi connectivity index (χ2n) is 3.21. The van der Waals surface area contributed by atoms with Crippen LogP contribution in [0.15, 0.2) is 0 Å². The predicted octanol–water partition coefficient (Wildman–Crippen LogP) is -1.90. The van der Waals surface area contributed by atoms with Crippen LogP contribution in [0.3, 0.4) is 0 Å². The van der Waals surface area contributed by atoms with E-state index in [2.05, 4.69) is 10.3 Å². The number of amides is 1. The number of carboxylic acids is 1. The fourth-order valence-corrected chi connectivity index (χ4v) is 0.749. The molecular weight excluding hydrogens is 218 g/mol.